The van der Waals surface area contributed by atoms with E-state index in [9.17, 15) is 0 Å². The molecule has 0 bridgehead atoms. The van der Waals surface area contributed by atoms with Crippen LogP contribution in [0.3, 0.4) is 0 Å². The third-order valence-corrected chi connectivity index (χ3v) is 2.80. The van der Waals surface area contributed by atoms with Crippen LogP contribution in [0.1, 0.15) is 6.92 Å². The van der Waals surface area contributed by atoms with Crippen molar-refractivity contribution in [3.05, 3.63) is 35.5 Å². The quantitative estimate of drug-likeness (QED) is 0.772. The van der Waals surface area contributed by atoms with Crippen LogP contribution < -0.4 is 4.90 Å². The molecule has 0 aliphatic carbocycles. The average Bonchev–Trinajstić information content (AvgIpc) is 2.26. The number of nitrogens with zero attached hydrogens (tertiary/aromatic N) is 2. The van der Waals surface area contributed by atoms with Crippen LogP contribution in [0, 0.1) is 0 Å². The molecular formula is C12H13ClN2. The van der Waals surface area contributed by atoms with Gasteiger partial charge in [0.15, 0.2) is 0 Å². The fourth-order valence-corrected chi connectivity index (χ4v) is 1.78. The molecule has 0 unspecified atom stereocenters. The van der Waals surface area contributed by atoms with Crippen molar-refractivity contribution in [3.63, 3.8) is 0 Å². The molecule has 3 heteroatoms. The van der Waals surface area contributed by atoms with Gasteiger partial charge >= 0.3 is 0 Å². The first-order valence-corrected chi connectivity index (χ1v) is 5.35. The number of aromatic nitrogens is 1. The highest BCUT2D eigenvalue weighted by Crippen LogP contribution is 2.26. The molecule has 0 N–H and O–H groups in total. The summed E-state index contributed by atoms with van der Waals surface area (Å²) in [6.07, 6.45) is 1.82. The van der Waals surface area contributed by atoms with Crippen LogP contribution >= 0.6 is 11.6 Å². The minimum Gasteiger partial charge on any atom is -0.374 e. The smallest absolute Gasteiger partial charge is 0.0737 e. The van der Waals surface area contributed by atoms with E-state index in [2.05, 4.69) is 23.9 Å². The van der Waals surface area contributed by atoms with Gasteiger partial charge in [0.1, 0.15) is 0 Å². The fourth-order valence-electron chi connectivity index (χ4n) is 1.61. The Kier molecular flexibility index (Phi) is 2.78. The van der Waals surface area contributed by atoms with E-state index in [0.29, 0.717) is 0 Å². The second kappa shape index (κ2) is 4.07. The summed E-state index contributed by atoms with van der Waals surface area (Å²) < 4.78 is 0. The van der Waals surface area contributed by atoms with Crippen LogP contribution in [-0.2, 0) is 0 Å². The van der Waals surface area contributed by atoms with Crippen molar-refractivity contribution >= 4 is 28.2 Å². The van der Waals surface area contributed by atoms with Gasteiger partial charge < -0.3 is 4.90 Å². The normalized spacial score (nSPS) is 10.6. The van der Waals surface area contributed by atoms with Crippen LogP contribution in [0.15, 0.2) is 30.5 Å². The van der Waals surface area contributed by atoms with E-state index in [1.54, 1.807) is 0 Å². The Morgan fingerprint density at radius 1 is 1.33 bits per heavy atom. The molecule has 0 saturated heterocycles. The van der Waals surface area contributed by atoms with Crippen LogP contribution in [0.25, 0.3) is 10.9 Å². The molecule has 0 aliphatic rings. The fraction of sp³-hybridized carbons (Fsp3) is 0.250. The number of hydrogen-bond acceptors (Lipinski definition) is 2. The summed E-state index contributed by atoms with van der Waals surface area (Å²) in [4.78, 5) is 6.50. The molecule has 15 heavy (non-hydrogen) atoms. The first kappa shape index (κ1) is 10.2. The third kappa shape index (κ3) is 1.90. The first-order chi connectivity index (χ1) is 7.22. The Morgan fingerprint density at radius 2 is 2.13 bits per heavy atom. The highest BCUT2D eigenvalue weighted by atomic mass is 35.5. The van der Waals surface area contributed by atoms with Gasteiger partial charge in [-0.25, -0.2) is 0 Å². The van der Waals surface area contributed by atoms with Crippen molar-refractivity contribution in [2.45, 2.75) is 6.92 Å². The Balaban J connectivity index is 2.66. The Hall–Kier alpha value is -1.28. The summed E-state index contributed by atoms with van der Waals surface area (Å²) in [5, 5.41) is 1.87. The molecule has 1 aromatic heterocycles. The number of hydrogen-bond donors (Lipinski definition) is 0. The van der Waals surface area contributed by atoms with Gasteiger partial charge in [0.2, 0.25) is 0 Å². The SMILES string of the molecule is CCN(C)c1ccnc2cc(Cl)ccc12. The van der Waals surface area contributed by atoms with Gasteiger partial charge in [-0.1, -0.05) is 11.6 Å². The number of rotatable bonds is 2. The lowest BCUT2D eigenvalue weighted by Gasteiger charge is -2.18. The zero-order chi connectivity index (χ0) is 10.8. The minimum absolute atomic E-state index is 0.728. The molecule has 0 radical (unpaired) electrons. The lowest BCUT2D eigenvalue weighted by molar-refractivity contribution is 0.972. The summed E-state index contributed by atoms with van der Waals surface area (Å²) in [6, 6.07) is 7.84. The van der Waals surface area contributed by atoms with Gasteiger partial charge in [0, 0.05) is 35.9 Å². The molecule has 0 fully saturated rings. The predicted octanol–water partition coefficient (Wildman–Crippen LogP) is 3.34. The minimum atomic E-state index is 0.728. The van der Waals surface area contributed by atoms with Gasteiger partial charge in [0.25, 0.3) is 0 Å². The molecule has 0 spiro atoms. The summed E-state index contributed by atoms with van der Waals surface area (Å²) in [5.41, 5.74) is 2.14. The van der Waals surface area contributed by atoms with Gasteiger partial charge in [-0.2, -0.15) is 0 Å². The van der Waals surface area contributed by atoms with Gasteiger partial charge in [0.05, 0.1) is 5.52 Å². The van der Waals surface area contributed by atoms with E-state index in [1.807, 2.05) is 30.5 Å². The van der Waals surface area contributed by atoms with Crippen molar-refractivity contribution < 1.29 is 0 Å². The van der Waals surface area contributed by atoms with Gasteiger partial charge in [-0.3, -0.25) is 4.98 Å². The van der Waals surface area contributed by atoms with Gasteiger partial charge in [-0.15, -0.1) is 0 Å². The van der Waals surface area contributed by atoms with E-state index in [0.717, 1.165) is 22.5 Å². The molecule has 78 valence electrons. The summed E-state index contributed by atoms with van der Waals surface area (Å²) in [6.45, 7) is 3.10. The maximum Gasteiger partial charge on any atom is 0.0737 e. The lowest BCUT2D eigenvalue weighted by atomic mass is 10.2. The molecule has 0 atom stereocenters. The van der Waals surface area contributed by atoms with Gasteiger partial charge in [-0.05, 0) is 31.2 Å². The maximum absolute atomic E-state index is 5.93. The Bertz CT molecular complexity index is 482. The molecule has 0 saturated carbocycles. The number of halogens is 1. The first-order valence-electron chi connectivity index (χ1n) is 4.97. The molecule has 1 heterocycles. The zero-order valence-electron chi connectivity index (χ0n) is 8.87. The van der Waals surface area contributed by atoms with E-state index in [1.165, 1.54) is 5.69 Å². The van der Waals surface area contributed by atoms with Crippen LogP contribution in [0.2, 0.25) is 5.02 Å². The monoisotopic (exact) mass is 220 g/mol. The number of pyridine rings is 1. The maximum atomic E-state index is 5.93. The largest absolute Gasteiger partial charge is 0.374 e. The topological polar surface area (TPSA) is 16.1 Å². The number of fused-ring (bicyclic) bond motifs is 1. The van der Waals surface area contributed by atoms with E-state index >= 15 is 0 Å². The van der Waals surface area contributed by atoms with Crippen LogP contribution in [0.4, 0.5) is 5.69 Å². The summed E-state index contributed by atoms with van der Waals surface area (Å²) in [5.74, 6) is 0. The van der Waals surface area contributed by atoms with Crippen molar-refractivity contribution in [1.82, 2.24) is 4.98 Å². The highest BCUT2D eigenvalue weighted by Gasteiger charge is 2.05. The molecule has 2 rings (SSSR count). The number of anilines is 1. The summed E-state index contributed by atoms with van der Waals surface area (Å²) in [7, 11) is 2.07. The lowest BCUT2D eigenvalue weighted by Crippen LogP contribution is -2.16. The average molecular weight is 221 g/mol. The molecule has 1 aromatic carbocycles. The Labute approximate surface area is 94.5 Å². The van der Waals surface area contributed by atoms with E-state index in [-0.39, 0.29) is 0 Å². The zero-order valence-corrected chi connectivity index (χ0v) is 9.62. The molecule has 2 nitrogen and oxygen atoms in total. The standard InChI is InChI=1S/C12H13ClN2/c1-3-15(2)12-6-7-14-11-8-9(13)4-5-10(11)12/h4-8H,3H2,1-2H3. The summed E-state index contributed by atoms with van der Waals surface area (Å²) >= 11 is 5.93. The van der Waals surface area contributed by atoms with Crippen molar-refractivity contribution in [2.75, 3.05) is 18.5 Å². The van der Waals surface area contributed by atoms with Crippen LogP contribution in [0.5, 0.6) is 0 Å². The van der Waals surface area contributed by atoms with Crippen LogP contribution in [-0.4, -0.2) is 18.6 Å². The second-order valence-corrected chi connectivity index (χ2v) is 3.94. The molecule has 2 aromatic rings. The van der Waals surface area contributed by atoms with Crippen molar-refractivity contribution in [3.8, 4) is 0 Å². The predicted molar refractivity (Wildman–Crippen MR) is 65.7 cm³/mol. The molecule has 0 amide bonds. The third-order valence-electron chi connectivity index (χ3n) is 2.57. The van der Waals surface area contributed by atoms with Crippen molar-refractivity contribution in [2.24, 2.45) is 0 Å². The Morgan fingerprint density at radius 3 is 2.87 bits per heavy atom. The molecule has 0 aliphatic heterocycles. The van der Waals surface area contributed by atoms with Crippen molar-refractivity contribution in [1.29, 1.82) is 0 Å². The molecular weight excluding hydrogens is 208 g/mol. The number of benzene rings is 1. The highest BCUT2D eigenvalue weighted by molar-refractivity contribution is 6.31. The van der Waals surface area contributed by atoms with E-state index < -0.39 is 0 Å². The second-order valence-electron chi connectivity index (χ2n) is 3.51. The van der Waals surface area contributed by atoms with E-state index in [4.69, 9.17) is 11.6 Å².